The summed E-state index contributed by atoms with van der Waals surface area (Å²) in [5, 5.41) is 3.21. The number of rotatable bonds is 3. The van der Waals surface area contributed by atoms with Crippen LogP contribution in [0.1, 0.15) is 18.4 Å². The van der Waals surface area contributed by atoms with Gasteiger partial charge in [-0.3, -0.25) is 14.5 Å². The number of hydrogen-bond acceptors (Lipinski definition) is 5. The largest absolute Gasteiger partial charge is 0.486 e. The Morgan fingerprint density at radius 1 is 1.29 bits per heavy atom. The molecule has 1 aromatic rings. The zero-order valence-corrected chi connectivity index (χ0v) is 11.9. The Morgan fingerprint density at radius 3 is 2.95 bits per heavy atom. The number of ether oxygens (including phenoxy) is 2. The van der Waals surface area contributed by atoms with Crippen LogP contribution in [0.25, 0.3) is 0 Å². The molecule has 1 N–H and O–H groups in total. The molecule has 1 saturated heterocycles. The Morgan fingerprint density at radius 2 is 2.10 bits per heavy atom. The Kier molecular flexibility index (Phi) is 3.79. The fourth-order valence-electron chi connectivity index (χ4n) is 2.61. The van der Waals surface area contributed by atoms with E-state index in [1.165, 1.54) is 11.9 Å². The minimum Gasteiger partial charge on any atom is -0.486 e. The van der Waals surface area contributed by atoms with Crippen LogP contribution < -0.4 is 14.8 Å². The number of nitrogens with one attached hydrogen (secondary N) is 1. The molecule has 2 amide bonds. The maximum Gasteiger partial charge on any atom is 0.246 e. The van der Waals surface area contributed by atoms with E-state index in [0.717, 1.165) is 17.1 Å². The molecule has 21 heavy (non-hydrogen) atoms. The van der Waals surface area contributed by atoms with Gasteiger partial charge in [0.1, 0.15) is 13.2 Å². The summed E-state index contributed by atoms with van der Waals surface area (Å²) in [5.41, 5.74) is 0.958. The predicted molar refractivity (Wildman–Crippen MR) is 75.1 cm³/mol. The van der Waals surface area contributed by atoms with Crippen molar-refractivity contribution in [3.63, 3.8) is 0 Å². The summed E-state index contributed by atoms with van der Waals surface area (Å²) in [4.78, 5) is 24.7. The van der Waals surface area contributed by atoms with Gasteiger partial charge in [0.15, 0.2) is 11.5 Å². The van der Waals surface area contributed by atoms with Gasteiger partial charge in [-0.1, -0.05) is 12.1 Å². The summed E-state index contributed by atoms with van der Waals surface area (Å²) in [6, 6.07) is 5.40. The van der Waals surface area contributed by atoms with Gasteiger partial charge in [-0.2, -0.15) is 0 Å². The molecule has 0 aliphatic carbocycles. The molecule has 0 radical (unpaired) electrons. The van der Waals surface area contributed by atoms with Crippen molar-refractivity contribution >= 4 is 11.8 Å². The van der Waals surface area contributed by atoms with Crippen LogP contribution in [-0.4, -0.2) is 43.0 Å². The topological polar surface area (TPSA) is 67.9 Å². The summed E-state index contributed by atoms with van der Waals surface area (Å²) < 4.78 is 11.2. The van der Waals surface area contributed by atoms with E-state index in [0.29, 0.717) is 32.6 Å². The molecule has 1 atom stereocenters. The fraction of sp³-hybridized carbons (Fsp3) is 0.467. The van der Waals surface area contributed by atoms with Crippen LogP contribution in [0.3, 0.4) is 0 Å². The maximum atomic E-state index is 12.0. The van der Waals surface area contributed by atoms with Gasteiger partial charge in [0, 0.05) is 25.6 Å². The third kappa shape index (κ3) is 2.71. The van der Waals surface area contributed by atoms with Crippen LogP contribution in [0, 0.1) is 0 Å². The highest BCUT2D eigenvalue weighted by molar-refractivity contribution is 6.00. The van der Waals surface area contributed by atoms with E-state index in [4.69, 9.17) is 9.47 Å². The van der Waals surface area contributed by atoms with Crippen LogP contribution in [0.2, 0.25) is 0 Å². The van der Waals surface area contributed by atoms with Gasteiger partial charge in [-0.05, 0) is 12.5 Å². The van der Waals surface area contributed by atoms with E-state index >= 15 is 0 Å². The van der Waals surface area contributed by atoms with E-state index in [-0.39, 0.29) is 17.9 Å². The molecule has 112 valence electrons. The molecular formula is C15H18N2O4. The average molecular weight is 290 g/mol. The quantitative estimate of drug-likeness (QED) is 0.830. The maximum absolute atomic E-state index is 12.0. The normalized spacial score (nSPS) is 21.6. The average Bonchev–Trinajstić information content (AvgIpc) is 2.52. The number of imide groups is 1. The number of para-hydroxylation sites is 1. The fourth-order valence-corrected chi connectivity index (χ4v) is 2.61. The van der Waals surface area contributed by atoms with Crippen molar-refractivity contribution in [2.24, 2.45) is 0 Å². The molecule has 0 spiro atoms. The minimum atomic E-state index is -0.326. The summed E-state index contributed by atoms with van der Waals surface area (Å²) in [6.45, 7) is 1.59. The number of likely N-dealkylation sites (tertiary alicyclic amines) is 1. The third-order valence-electron chi connectivity index (χ3n) is 3.84. The Labute approximate surface area is 123 Å². The second kappa shape index (κ2) is 5.73. The Bertz CT molecular complexity index is 573. The summed E-state index contributed by atoms with van der Waals surface area (Å²) >= 11 is 0. The second-order valence-corrected chi connectivity index (χ2v) is 5.20. The summed E-state index contributed by atoms with van der Waals surface area (Å²) in [7, 11) is 1.53. The number of likely N-dealkylation sites (N-methyl/N-ethyl adjacent to an activating group) is 1. The van der Waals surface area contributed by atoms with Crippen LogP contribution in [0.5, 0.6) is 11.5 Å². The minimum absolute atomic E-state index is 0.119. The third-order valence-corrected chi connectivity index (χ3v) is 3.84. The van der Waals surface area contributed by atoms with E-state index in [1.54, 1.807) is 0 Å². The molecule has 1 unspecified atom stereocenters. The second-order valence-electron chi connectivity index (χ2n) is 5.20. The summed E-state index contributed by atoms with van der Waals surface area (Å²) in [6.07, 6.45) is 0.931. The van der Waals surface area contributed by atoms with Crippen molar-refractivity contribution < 1.29 is 19.1 Å². The van der Waals surface area contributed by atoms with Gasteiger partial charge in [0.25, 0.3) is 0 Å². The molecule has 1 fully saturated rings. The first-order valence-corrected chi connectivity index (χ1v) is 7.08. The van der Waals surface area contributed by atoms with Gasteiger partial charge >= 0.3 is 0 Å². The first kappa shape index (κ1) is 13.9. The molecular weight excluding hydrogens is 272 g/mol. The molecule has 2 aliphatic heterocycles. The van der Waals surface area contributed by atoms with Crippen molar-refractivity contribution in [1.29, 1.82) is 0 Å². The summed E-state index contributed by atoms with van der Waals surface area (Å²) in [5.74, 6) is 1.19. The number of piperidine rings is 1. The van der Waals surface area contributed by atoms with E-state index in [9.17, 15) is 9.59 Å². The van der Waals surface area contributed by atoms with Crippen molar-refractivity contribution in [3.05, 3.63) is 23.8 Å². The standard InChI is InChI=1S/C15H18N2O4/c1-17-13(18)6-5-11(15(17)19)16-9-10-3-2-4-12-14(10)21-8-7-20-12/h2-4,11,16H,5-9H2,1H3. The first-order valence-electron chi connectivity index (χ1n) is 7.08. The highest BCUT2D eigenvalue weighted by atomic mass is 16.6. The molecule has 2 aliphatic rings. The van der Waals surface area contributed by atoms with Gasteiger partial charge in [0.2, 0.25) is 11.8 Å². The number of nitrogens with zero attached hydrogens (tertiary/aromatic N) is 1. The highest BCUT2D eigenvalue weighted by Gasteiger charge is 2.31. The van der Waals surface area contributed by atoms with Crippen LogP contribution in [0.15, 0.2) is 18.2 Å². The van der Waals surface area contributed by atoms with Crippen molar-refractivity contribution in [2.75, 3.05) is 20.3 Å². The van der Waals surface area contributed by atoms with Crippen molar-refractivity contribution in [1.82, 2.24) is 10.2 Å². The van der Waals surface area contributed by atoms with Gasteiger partial charge in [-0.25, -0.2) is 0 Å². The van der Waals surface area contributed by atoms with Crippen molar-refractivity contribution in [2.45, 2.75) is 25.4 Å². The lowest BCUT2D eigenvalue weighted by atomic mass is 10.0. The molecule has 6 heteroatoms. The van der Waals surface area contributed by atoms with Crippen LogP contribution in [-0.2, 0) is 16.1 Å². The van der Waals surface area contributed by atoms with Crippen molar-refractivity contribution in [3.8, 4) is 11.5 Å². The smallest absolute Gasteiger partial charge is 0.246 e. The van der Waals surface area contributed by atoms with Crippen LogP contribution in [0.4, 0.5) is 0 Å². The zero-order valence-electron chi connectivity index (χ0n) is 11.9. The number of benzene rings is 1. The molecule has 0 saturated carbocycles. The highest BCUT2D eigenvalue weighted by Crippen LogP contribution is 2.33. The lowest BCUT2D eigenvalue weighted by Crippen LogP contribution is -2.51. The number of fused-ring (bicyclic) bond motifs is 1. The SMILES string of the molecule is CN1C(=O)CCC(NCc2cccc3c2OCCO3)C1=O. The molecule has 1 aromatic carbocycles. The number of carbonyl (C=O) groups is 2. The Balaban J connectivity index is 1.68. The molecule has 3 rings (SSSR count). The predicted octanol–water partition coefficient (Wildman–Crippen LogP) is 0.695. The van der Waals surface area contributed by atoms with Gasteiger partial charge < -0.3 is 14.8 Å². The number of hydrogen-bond donors (Lipinski definition) is 1. The van der Waals surface area contributed by atoms with E-state index in [2.05, 4.69) is 5.32 Å². The van der Waals surface area contributed by atoms with E-state index in [1.807, 2.05) is 18.2 Å². The Hall–Kier alpha value is -2.08. The number of carbonyl (C=O) groups excluding carboxylic acids is 2. The lowest BCUT2D eigenvalue weighted by molar-refractivity contribution is -0.148. The number of amides is 2. The molecule has 2 heterocycles. The van der Waals surface area contributed by atoms with E-state index < -0.39 is 0 Å². The zero-order chi connectivity index (χ0) is 14.8. The van der Waals surface area contributed by atoms with Gasteiger partial charge in [-0.15, -0.1) is 0 Å². The van der Waals surface area contributed by atoms with Gasteiger partial charge in [0.05, 0.1) is 6.04 Å². The van der Waals surface area contributed by atoms with Crippen LogP contribution >= 0.6 is 0 Å². The molecule has 0 aromatic heterocycles. The monoisotopic (exact) mass is 290 g/mol. The first-order chi connectivity index (χ1) is 10.2. The lowest BCUT2D eigenvalue weighted by Gasteiger charge is -2.29. The molecule has 6 nitrogen and oxygen atoms in total. The molecule has 0 bridgehead atoms.